The fourth-order valence-corrected chi connectivity index (χ4v) is 4.69. The Morgan fingerprint density at radius 1 is 1.24 bits per heavy atom. The van der Waals surface area contributed by atoms with E-state index in [1.807, 2.05) is 48.5 Å². The molecule has 2 aromatic carbocycles. The lowest BCUT2D eigenvalue weighted by Gasteiger charge is -2.09. The second-order valence-corrected chi connectivity index (χ2v) is 8.25. The number of amides is 1. The lowest BCUT2D eigenvalue weighted by molar-refractivity contribution is -0.127. The predicted octanol–water partition coefficient (Wildman–Crippen LogP) is 4.68. The van der Waals surface area contributed by atoms with Crippen molar-refractivity contribution < 1.29 is 4.79 Å². The maximum absolute atomic E-state index is 12.4. The first-order valence-electron chi connectivity index (χ1n) is 7.81. The number of carbonyl (C=O) groups is 1. The number of halogens is 1. The minimum Gasteiger partial charge on any atom is -0.272 e. The molecule has 126 valence electrons. The SMILES string of the molecule is O=C(CSc1nc2cc(Cl)ccc2s1)N1CCC(c2ccccc2)=N1. The van der Waals surface area contributed by atoms with Gasteiger partial charge in [0.1, 0.15) is 0 Å². The third-order valence-electron chi connectivity index (χ3n) is 3.85. The molecule has 0 unspecified atom stereocenters. The topological polar surface area (TPSA) is 45.6 Å². The Morgan fingerprint density at radius 2 is 2.08 bits per heavy atom. The molecule has 0 spiro atoms. The van der Waals surface area contributed by atoms with Crippen LogP contribution in [0.15, 0.2) is 58.0 Å². The van der Waals surface area contributed by atoms with Gasteiger partial charge in [0.05, 0.1) is 28.2 Å². The molecule has 0 aliphatic carbocycles. The monoisotopic (exact) mass is 387 g/mol. The van der Waals surface area contributed by atoms with Gasteiger partial charge in [0, 0.05) is 11.4 Å². The highest BCUT2D eigenvalue weighted by Crippen LogP contribution is 2.31. The number of benzene rings is 2. The lowest BCUT2D eigenvalue weighted by atomic mass is 10.1. The van der Waals surface area contributed by atoms with Crippen LogP contribution < -0.4 is 0 Å². The molecule has 1 amide bonds. The van der Waals surface area contributed by atoms with Crippen LogP contribution in [0.1, 0.15) is 12.0 Å². The van der Waals surface area contributed by atoms with Gasteiger partial charge in [-0.2, -0.15) is 5.10 Å². The molecule has 3 aromatic rings. The first kappa shape index (κ1) is 16.6. The highest BCUT2D eigenvalue weighted by atomic mass is 35.5. The number of hydrogen-bond acceptors (Lipinski definition) is 5. The van der Waals surface area contributed by atoms with E-state index < -0.39 is 0 Å². The third-order valence-corrected chi connectivity index (χ3v) is 6.25. The van der Waals surface area contributed by atoms with Crippen molar-refractivity contribution in [3.05, 3.63) is 59.1 Å². The quantitative estimate of drug-likeness (QED) is 0.610. The molecule has 1 aromatic heterocycles. The van der Waals surface area contributed by atoms with Gasteiger partial charge in [-0.1, -0.05) is 53.7 Å². The Bertz CT molecular complexity index is 955. The van der Waals surface area contributed by atoms with E-state index in [0.717, 1.165) is 32.3 Å². The van der Waals surface area contributed by atoms with Gasteiger partial charge in [-0.05, 0) is 23.8 Å². The maximum atomic E-state index is 12.4. The summed E-state index contributed by atoms with van der Waals surface area (Å²) in [5, 5.41) is 6.72. The van der Waals surface area contributed by atoms with Crippen LogP contribution in [-0.2, 0) is 4.79 Å². The number of thiazole rings is 1. The molecule has 7 heteroatoms. The number of aromatic nitrogens is 1. The summed E-state index contributed by atoms with van der Waals surface area (Å²) in [7, 11) is 0. The van der Waals surface area contributed by atoms with Crippen molar-refractivity contribution in [2.75, 3.05) is 12.3 Å². The number of thioether (sulfide) groups is 1. The largest absolute Gasteiger partial charge is 0.272 e. The molecule has 4 nitrogen and oxygen atoms in total. The molecule has 0 N–H and O–H groups in total. The normalized spacial score (nSPS) is 14.1. The minimum absolute atomic E-state index is 0.00761. The highest BCUT2D eigenvalue weighted by molar-refractivity contribution is 8.01. The highest BCUT2D eigenvalue weighted by Gasteiger charge is 2.21. The summed E-state index contributed by atoms with van der Waals surface area (Å²) in [6.07, 6.45) is 0.792. The first-order chi connectivity index (χ1) is 12.2. The molecule has 0 fully saturated rings. The molecule has 0 saturated carbocycles. The van der Waals surface area contributed by atoms with Crippen LogP contribution in [0.3, 0.4) is 0 Å². The van der Waals surface area contributed by atoms with Crippen molar-refractivity contribution in [3.63, 3.8) is 0 Å². The fourth-order valence-electron chi connectivity index (χ4n) is 2.61. The zero-order valence-corrected chi connectivity index (χ0v) is 15.6. The van der Waals surface area contributed by atoms with Gasteiger partial charge in [-0.15, -0.1) is 11.3 Å². The number of nitrogens with zero attached hydrogens (tertiary/aromatic N) is 3. The number of fused-ring (bicyclic) bond motifs is 1. The van der Waals surface area contributed by atoms with Crippen molar-refractivity contribution in [1.82, 2.24) is 9.99 Å². The molecule has 1 aliphatic rings. The molecule has 0 radical (unpaired) electrons. The molecular formula is C18H14ClN3OS2. The summed E-state index contributed by atoms with van der Waals surface area (Å²) in [5.41, 5.74) is 2.92. The van der Waals surface area contributed by atoms with Crippen molar-refractivity contribution in [3.8, 4) is 0 Å². The number of hydrazone groups is 1. The van der Waals surface area contributed by atoms with Gasteiger partial charge in [0.15, 0.2) is 4.34 Å². The second kappa shape index (κ2) is 7.15. The molecule has 0 atom stereocenters. The van der Waals surface area contributed by atoms with Crippen LogP contribution in [0, 0.1) is 0 Å². The Hall–Kier alpha value is -1.89. The van der Waals surface area contributed by atoms with Crippen molar-refractivity contribution in [2.45, 2.75) is 10.8 Å². The van der Waals surface area contributed by atoms with E-state index >= 15 is 0 Å². The van der Waals surface area contributed by atoms with Crippen LogP contribution in [0.25, 0.3) is 10.2 Å². The smallest absolute Gasteiger partial charge is 0.253 e. The molecule has 0 saturated heterocycles. The van der Waals surface area contributed by atoms with Gasteiger partial charge in [-0.3, -0.25) is 4.79 Å². The number of rotatable bonds is 4. The van der Waals surface area contributed by atoms with Gasteiger partial charge in [0.2, 0.25) is 0 Å². The van der Waals surface area contributed by atoms with E-state index in [1.54, 1.807) is 16.3 Å². The van der Waals surface area contributed by atoms with E-state index in [-0.39, 0.29) is 5.91 Å². The van der Waals surface area contributed by atoms with Gasteiger partial charge < -0.3 is 0 Å². The molecule has 25 heavy (non-hydrogen) atoms. The Balaban J connectivity index is 1.41. The second-order valence-electron chi connectivity index (χ2n) is 5.56. The standard InChI is InChI=1S/C18H14ClN3OS2/c19-13-6-7-16-15(10-13)20-18(25-16)24-11-17(23)22-9-8-14(21-22)12-4-2-1-3-5-12/h1-7,10H,8-9,11H2. The van der Waals surface area contributed by atoms with Crippen LogP contribution in [0.2, 0.25) is 5.02 Å². The molecular weight excluding hydrogens is 374 g/mol. The van der Waals surface area contributed by atoms with Crippen LogP contribution in [0.4, 0.5) is 0 Å². The maximum Gasteiger partial charge on any atom is 0.253 e. The van der Waals surface area contributed by atoms with Crippen LogP contribution in [0.5, 0.6) is 0 Å². The van der Waals surface area contributed by atoms with E-state index in [4.69, 9.17) is 11.6 Å². The zero-order valence-electron chi connectivity index (χ0n) is 13.2. The molecule has 1 aliphatic heterocycles. The van der Waals surface area contributed by atoms with Crippen molar-refractivity contribution >= 4 is 56.5 Å². The molecule has 0 bridgehead atoms. The Kier molecular flexibility index (Phi) is 4.74. The van der Waals surface area contributed by atoms with E-state index in [0.29, 0.717) is 17.3 Å². The summed E-state index contributed by atoms with van der Waals surface area (Å²) < 4.78 is 1.95. The zero-order chi connectivity index (χ0) is 17.2. The summed E-state index contributed by atoms with van der Waals surface area (Å²) >= 11 is 9.01. The minimum atomic E-state index is 0.00761. The van der Waals surface area contributed by atoms with Gasteiger partial charge in [-0.25, -0.2) is 9.99 Å². The van der Waals surface area contributed by atoms with Gasteiger partial charge in [0.25, 0.3) is 5.91 Å². The fraction of sp³-hybridized carbons (Fsp3) is 0.167. The first-order valence-corrected chi connectivity index (χ1v) is 9.99. The summed E-state index contributed by atoms with van der Waals surface area (Å²) in [6.45, 7) is 0.638. The van der Waals surface area contributed by atoms with Crippen molar-refractivity contribution in [1.29, 1.82) is 0 Å². The number of carbonyl (C=O) groups excluding carboxylic acids is 1. The number of hydrogen-bond donors (Lipinski definition) is 0. The van der Waals surface area contributed by atoms with Crippen LogP contribution in [-0.4, -0.2) is 33.9 Å². The van der Waals surface area contributed by atoms with Gasteiger partial charge >= 0.3 is 0 Å². The molecule has 2 heterocycles. The van der Waals surface area contributed by atoms with Crippen molar-refractivity contribution in [2.24, 2.45) is 5.10 Å². The predicted molar refractivity (Wildman–Crippen MR) is 105 cm³/mol. The average Bonchev–Trinajstić information content (AvgIpc) is 3.27. The Labute approximate surface area is 158 Å². The van der Waals surface area contributed by atoms with E-state index in [9.17, 15) is 4.79 Å². The van der Waals surface area contributed by atoms with E-state index in [1.165, 1.54) is 11.8 Å². The average molecular weight is 388 g/mol. The Morgan fingerprint density at radius 3 is 2.92 bits per heavy atom. The summed E-state index contributed by atoms with van der Waals surface area (Å²) in [5.74, 6) is 0.340. The summed E-state index contributed by atoms with van der Waals surface area (Å²) in [6, 6.07) is 15.6. The summed E-state index contributed by atoms with van der Waals surface area (Å²) in [4.78, 5) is 16.9. The van der Waals surface area contributed by atoms with Crippen LogP contribution >= 0.6 is 34.7 Å². The third kappa shape index (κ3) is 3.71. The lowest BCUT2D eigenvalue weighted by Crippen LogP contribution is -2.25. The van der Waals surface area contributed by atoms with E-state index in [2.05, 4.69) is 10.1 Å². The molecule has 4 rings (SSSR count).